The Morgan fingerprint density at radius 3 is 1.46 bits per heavy atom. The highest BCUT2D eigenvalue weighted by atomic mass is 16.3. The second kappa shape index (κ2) is 8.67. The van der Waals surface area contributed by atoms with Crippen molar-refractivity contribution in [1.29, 1.82) is 0 Å². The van der Waals surface area contributed by atoms with E-state index >= 15 is 0 Å². The number of hydrogen-bond donors (Lipinski definition) is 2. The summed E-state index contributed by atoms with van der Waals surface area (Å²) in [6.07, 6.45) is 4.72. The summed E-state index contributed by atoms with van der Waals surface area (Å²) in [5.74, 6) is 0.486. The summed E-state index contributed by atoms with van der Waals surface area (Å²) in [4.78, 5) is 0. The van der Waals surface area contributed by atoms with E-state index in [4.69, 9.17) is 0 Å². The van der Waals surface area contributed by atoms with Crippen molar-refractivity contribution in [3.63, 3.8) is 0 Å². The van der Waals surface area contributed by atoms with Crippen molar-refractivity contribution < 1.29 is 10.2 Å². The summed E-state index contributed by atoms with van der Waals surface area (Å²) in [6.45, 7) is 7.95. The highest BCUT2D eigenvalue weighted by molar-refractivity contribution is 5.42. The molecule has 2 N–H and O–H groups in total. The van der Waals surface area contributed by atoms with Crippen LogP contribution in [0.1, 0.15) is 22.3 Å². The smallest absolute Gasteiger partial charge is 0.124 e. The van der Waals surface area contributed by atoms with Gasteiger partial charge in [-0.3, -0.25) is 0 Å². The molecule has 0 aromatic heterocycles. The summed E-state index contributed by atoms with van der Waals surface area (Å²) in [7, 11) is 0. The van der Waals surface area contributed by atoms with E-state index in [0.29, 0.717) is 25.9 Å². The Balaban J connectivity index is 2.03. The van der Waals surface area contributed by atoms with Gasteiger partial charge in [-0.15, -0.1) is 13.2 Å². The molecule has 4 heteroatoms. The number of hydrogen-bond acceptors (Lipinski definition) is 4. The third-order valence-electron chi connectivity index (χ3n) is 3.72. The van der Waals surface area contributed by atoms with Crippen molar-refractivity contribution in [2.75, 3.05) is 0 Å². The number of para-hydroxylation sites is 2. The Morgan fingerprint density at radius 1 is 0.708 bits per heavy atom. The zero-order valence-electron chi connectivity index (χ0n) is 13.7. The molecule has 0 radical (unpaired) electrons. The molecule has 0 heterocycles. The molecule has 0 aliphatic rings. The van der Waals surface area contributed by atoms with Crippen LogP contribution in [-0.2, 0) is 25.9 Å². The van der Waals surface area contributed by atoms with Gasteiger partial charge in [-0.05, 0) is 24.0 Å². The molecule has 0 fully saturated rings. The Morgan fingerprint density at radius 2 is 1.08 bits per heavy atom. The molecule has 124 valence electrons. The van der Waals surface area contributed by atoms with Gasteiger partial charge in [-0.1, -0.05) is 48.6 Å². The molecule has 24 heavy (non-hydrogen) atoms. The van der Waals surface area contributed by atoms with Crippen molar-refractivity contribution in [1.82, 2.24) is 0 Å². The largest absolute Gasteiger partial charge is 0.507 e. The van der Waals surface area contributed by atoms with Crippen LogP contribution in [0.15, 0.2) is 71.9 Å². The van der Waals surface area contributed by atoms with Crippen molar-refractivity contribution in [2.45, 2.75) is 25.9 Å². The van der Waals surface area contributed by atoms with Gasteiger partial charge in [0, 0.05) is 11.1 Å². The van der Waals surface area contributed by atoms with Crippen LogP contribution in [0.4, 0.5) is 0 Å². The lowest BCUT2D eigenvalue weighted by Gasteiger charge is -2.07. The van der Waals surface area contributed by atoms with Gasteiger partial charge in [0.05, 0.1) is 13.1 Å². The van der Waals surface area contributed by atoms with E-state index in [1.807, 2.05) is 36.4 Å². The first kappa shape index (κ1) is 17.5. The van der Waals surface area contributed by atoms with Crippen molar-refractivity contribution in [3.8, 4) is 11.5 Å². The summed E-state index contributed by atoms with van der Waals surface area (Å²) < 4.78 is 0. The first-order valence-electron chi connectivity index (χ1n) is 7.81. The van der Waals surface area contributed by atoms with E-state index in [1.165, 1.54) is 0 Å². The van der Waals surface area contributed by atoms with Gasteiger partial charge < -0.3 is 10.2 Å². The van der Waals surface area contributed by atoms with Crippen LogP contribution in [0.5, 0.6) is 11.5 Å². The molecule has 0 atom stereocenters. The lowest BCUT2D eigenvalue weighted by Crippen LogP contribution is -1.90. The van der Waals surface area contributed by atoms with Gasteiger partial charge in [0.2, 0.25) is 0 Å². The van der Waals surface area contributed by atoms with Crippen LogP contribution in [0, 0.1) is 0 Å². The van der Waals surface area contributed by atoms with Crippen LogP contribution in [0.2, 0.25) is 0 Å². The number of phenols is 2. The minimum Gasteiger partial charge on any atom is -0.507 e. The molecule has 2 aromatic carbocycles. The third-order valence-corrected chi connectivity index (χ3v) is 3.72. The Kier molecular flexibility index (Phi) is 6.32. The van der Waals surface area contributed by atoms with Crippen LogP contribution in [0.25, 0.3) is 0 Å². The molecule has 0 aliphatic carbocycles. The van der Waals surface area contributed by atoms with E-state index < -0.39 is 0 Å². The van der Waals surface area contributed by atoms with Gasteiger partial charge in [0.1, 0.15) is 11.5 Å². The number of nitrogens with zero attached hydrogens (tertiary/aromatic N) is 2. The molecule has 0 spiro atoms. The fourth-order valence-electron chi connectivity index (χ4n) is 2.44. The van der Waals surface area contributed by atoms with Gasteiger partial charge in [0.15, 0.2) is 0 Å². The molecular formula is C20H22N2O2. The third kappa shape index (κ3) is 4.32. The topological polar surface area (TPSA) is 65.2 Å². The normalized spacial score (nSPS) is 10.8. The predicted octanol–water partition coefficient (Wildman–Crippen LogP) is 4.71. The van der Waals surface area contributed by atoms with Gasteiger partial charge >= 0.3 is 0 Å². The number of benzene rings is 2. The van der Waals surface area contributed by atoms with Gasteiger partial charge in [-0.25, -0.2) is 0 Å². The maximum Gasteiger partial charge on any atom is 0.124 e. The van der Waals surface area contributed by atoms with Crippen molar-refractivity contribution >= 4 is 0 Å². The quantitative estimate of drug-likeness (QED) is 0.546. The molecule has 0 amide bonds. The molecule has 0 unspecified atom stereocenters. The van der Waals surface area contributed by atoms with E-state index in [9.17, 15) is 10.2 Å². The fourth-order valence-corrected chi connectivity index (χ4v) is 2.44. The second-order valence-electron chi connectivity index (χ2n) is 5.43. The van der Waals surface area contributed by atoms with E-state index in [1.54, 1.807) is 12.2 Å². The average molecular weight is 322 g/mol. The van der Waals surface area contributed by atoms with Crippen molar-refractivity contribution in [3.05, 3.63) is 84.0 Å². The van der Waals surface area contributed by atoms with Crippen LogP contribution in [-0.4, -0.2) is 10.2 Å². The van der Waals surface area contributed by atoms with E-state index in [0.717, 1.165) is 22.3 Å². The van der Waals surface area contributed by atoms with Gasteiger partial charge in [-0.2, -0.15) is 10.2 Å². The number of phenolic OH excluding ortho intramolecular Hbond substituents is 2. The van der Waals surface area contributed by atoms with Crippen LogP contribution < -0.4 is 0 Å². The standard InChI is InChI=1S/C20H22N2O2/c1-3-7-15-9-5-11-17(19(15)23)13-21-22-14-18-12-6-10-16(8-4-2)20(18)24/h3-6,9-12,23-24H,1-2,7-8,13-14H2. The maximum absolute atomic E-state index is 10.2. The molecule has 0 saturated heterocycles. The Bertz CT molecular complexity index is 688. The summed E-state index contributed by atoms with van der Waals surface area (Å²) in [5.41, 5.74) is 3.10. The van der Waals surface area contributed by atoms with Gasteiger partial charge in [0.25, 0.3) is 0 Å². The monoisotopic (exact) mass is 322 g/mol. The lowest BCUT2D eigenvalue weighted by molar-refractivity contribution is 0.460. The first-order chi connectivity index (χ1) is 11.7. The van der Waals surface area contributed by atoms with Crippen molar-refractivity contribution in [2.24, 2.45) is 10.2 Å². The van der Waals surface area contributed by atoms with Crippen LogP contribution >= 0.6 is 0 Å². The molecule has 2 aromatic rings. The number of aromatic hydroxyl groups is 2. The molecule has 4 nitrogen and oxygen atoms in total. The first-order valence-corrected chi connectivity index (χ1v) is 7.81. The van der Waals surface area contributed by atoms with E-state index in [-0.39, 0.29) is 11.5 Å². The SMILES string of the molecule is C=CCc1cccc(CN=NCc2cccc(CC=C)c2O)c1O. The molecular weight excluding hydrogens is 300 g/mol. The number of allylic oxidation sites excluding steroid dienone is 2. The number of rotatable bonds is 8. The zero-order chi connectivity index (χ0) is 17.4. The minimum atomic E-state index is 0.243. The Labute approximate surface area is 142 Å². The highest BCUT2D eigenvalue weighted by Gasteiger charge is 2.06. The fraction of sp³-hybridized carbons (Fsp3) is 0.200. The summed E-state index contributed by atoms with van der Waals surface area (Å²) >= 11 is 0. The molecule has 0 aliphatic heterocycles. The molecule has 0 bridgehead atoms. The zero-order valence-corrected chi connectivity index (χ0v) is 13.7. The Hall–Kier alpha value is -2.88. The van der Waals surface area contributed by atoms with Crippen LogP contribution in [0.3, 0.4) is 0 Å². The summed E-state index contributed by atoms with van der Waals surface area (Å²) in [5, 5.41) is 28.6. The van der Waals surface area contributed by atoms with E-state index in [2.05, 4.69) is 23.4 Å². The molecule has 0 saturated carbocycles. The highest BCUT2D eigenvalue weighted by Crippen LogP contribution is 2.25. The summed E-state index contributed by atoms with van der Waals surface area (Å²) in [6, 6.07) is 11.1. The number of azo groups is 1. The molecule has 2 rings (SSSR count). The maximum atomic E-state index is 10.2. The lowest BCUT2D eigenvalue weighted by atomic mass is 10.1. The minimum absolute atomic E-state index is 0.243. The predicted molar refractivity (Wildman–Crippen MR) is 96.3 cm³/mol. The second-order valence-corrected chi connectivity index (χ2v) is 5.43. The average Bonchev–Trinajstić information content (AvgIpc) is 2.58.